The molecule has 104 valence electrons. The van der Waals surface area contributed by atoms with Crippen LogP contribution in [0.1, 0.15) is 27.8 Å². The quantitative estimate of drug-likeness (QED) is 0.338. The molecule has 0 aliphatic rings. The van der Waals surface area contributed by atoms with Crippen LogP contribution in [-0.2, 0) is 0 Å². The number of hydrogen-bond acceptors (Lipinski definition) is 0. The zero-order valence-corrected chi connectivity index (χ0v) is 13.4. The van der Waals surface area contributed by atoms with Gasteiger partial charge in [-0.3, -0.25) is 0 Å². The zero-order chi connectivity index (χ0) is 14.9. The summed E-state index contributed by atoms with van der Waals surface area (Å²) in [7, 11) is 0. The molecule has 4 aromatic carbocycles. The minimum Gasteiger partial charge on any atom is -0.0581 e. The van der Waals surface area contributed by atoms with Crippen molar-refractivity contribution in [3.63, 3.8) is 0 Å². The van der Waals surface area contributed by atoms with Crippen molar-refractivity contribution in [2.75, 3.05) is 0 Å². The van der Waals surface area contributed by atoms with E-state index in [-0.39, 0.29) is 0 Å². The van der Waals surface area contributed by atoms with Gasteiger partial charge >= 0.3 is 0 Å². The van der Waals surface area contributed by atoms with E-state index in [0.717, 1.165) is 0 Å². The Balaban J connectivity index is 2.52. The van der Waals surface area contributed by atoms with E-state index in [2.05, 4.69) is 65.0 Å². The molecule has 0 unspecified atom stereocenters. The number of aryl methyl sites for hydroxylation is 5. The van der Waals surface area contributed by atoms with Crippen LogP contribution in [0, 0.1) is 34.6 Å². The van der Waals surface area contributed by atoms with E-state index in [0.29, 0.717) is 0 Å². The molecule has 0 aliphatic heterocycles. The minimum atomic E-state index is 1.36. The average molecular weight is 272 g/mol. The highest BCUT2D eigenvalue weighted by Crippen LogP contribution is 2.41. The van der Waals surface area contributed by atoms with Gasteiger partial charge in [0.05, 0.1) is 0 Å². The molecule has 0 bridgehead atoms. The van der Waals surface area contributed by atoms with E-state index in [4.69, 9.17) is 0 Å². The molecule has 4 rings (SSSR count). The second kappa shape index (κ2) is 3.98. The molecule has 0 fully saturated rings. The Morgan fingerprint density at radius 3 is 1.81 bits per heavy atom. The summed E-state index contributed by atoms with van der Waals surface area (Å²) in [6.45, 7) is 11.3. The van der Waals surface area contributed by atoms with Crippen LogP contribution >= 0.6 is 0 Å². The summed E-state index contributed by atoms with van der Waals surface area (Å²) in [6.07, 6.45) is 0. The van der Waals surface area contributed by atoms with Gasteiger partial charge in [0.25, 0.3) is 0 Å². The minimum absolute atomic E-state index is 1.36. The van der Waals surface area contributed by atoms with Gasteiger partial charge in [0.2, 0.25) is 0 Å². The fourth-order valence-electron chi connectivity index (χ4n) is 3.98. The van der Waals surface area contributed by atoms with Gasteiger partial charge in [0.1, 0.15) is 0 Å². The van der Waals surface area contributed by atoms with E-state index in [9.17, 15) is 0 Å². The fourth-order valence-corrected chi connectivity index (χ4v) is 3.98. The molecule has 0 amide bonds. The number of rotatable bonds is 0. The molecule has 4 aromatic rings. The maximum Gasteiger partial charge on any atom is -0.00210 e. The second-order valence-corrected chi connectivity index (χ2v) is 6.46. The maximum atomic E-state index is 2.34. The van der Waals surface area contributed by atoms with Crippen LogP contribution in [0.5, 0.6) is 0 Å². The first-order chi connectivity index (χ1) is 10.0. The largest absolute Gasteiger partial charge is 0.0581 e. The van der Waals surface area contributed by atoms with E-state index in [1.165, 1.54) is 60.1 Å². The summed E-state index contributed by atoms with van der Waals surface area (Å²) in [5.41, 5.74) is 7.08. The van der Waals surface area contributed by atoms with Gasteiger partial charge in [0.15, 0.2) is 0 Å². The third-order valence-corrected chi connectivity index (χ3v) is 5.33. The summed E-state index contributed by atoms with van der Waals surface area (Å²) >= 11 is 0. The predicted molar refractivity (Wildman–Crippen MR) is 93.8 cm³/mol. The third kappa shape index (κ3) is 1.45. The van der Waals surface area contributed by atoms with Gasteiger partial charge in [0, 0.05) is 0 Å². The second-order valence-electron chi connectivity index (χ2n) is 6.46. The van der Waals surface area contributed by atoms with E-state index in [1.54, 1.807) is 0 Å². The molecule has 0 nitrogen and oxygen atoms in total. The Bertz CT molecular complexity index is 1020. The molecule has 0 saturated carbocycles. The molecule has 0 atom stereocenters. The van der Waals surface area contributed by atoms with Crippen LogP contribution in [0.3, 0.4) is 0 Å². The molecule has 0 heterocycles. The molecule has 0 heteroatoms. The highest BCUT2D eigenvalue weighted by atomic mass is 14.2. The lowest BCUT2D eigenvalue weighted by molar-refractivity contribution is 1.34. The molecule has 0 aliphatic carbocycles. The van der Waals surface area contributed by atoms with Crippen LogP contribution in [0.4, 0.5) is 0 Å². The first kappa shape index (κ1) is 12.6. The van der Waals surface area contributed by atoms with Crippen LogP contribution in [0.15, 0.2) is 30.3 Å². The van der Waals surface area contributed by atoms with Crippen molar-refractivity contribution in [3.05, 3.63) is 58.1 Å². The third-order valence-electron chi connectivity index (χ3n) is 5.33. The van der Waals surface area contributed by atoms with Gasteiger partial charge in [-0.05, 0) is 94.8 Å². The number of hydrogen-bond donors (Lipinski definition) is 0. The molecule has 0 N–H and O–H groups in total. The molecule has 0 radical (unpaired) electrons. The van der Waals surface area contributed by atoms with Crippen LogP contribution < -0.4 is 0 Å². The van der Waals surface area contributed by atoms with Gasteiger partial charge in [-0.2, -0.15) is 0 Å². The summed E-state index contributed by atoms with van der Waals surface area (Å²) in [6, 6.07) is 11.4. The molecular weight excluding hydrogens is 252 g/mol. The molecule has 21 heavy (non-hydrogen) atoms. The van der Waals surface area contributed by atoms with Gasteiger partial charge in [-0.15, -0.1) is 0 Å². The first-order valence-corrected chi connectivity index (χ1v) is 7.65. The highest BCUT2D eigenvalue weighted by Gasteiger charge is 2.17. The Hall–Kier alpha value is -2.08. The summed E-state index contributed by atoms with van der Waals surface area (Å²) in [5.74, 6) is 0. The van der Waals surface area contributed by atoms with E-state index < -0.39 is 0 Å². The lowest BCUT2D eigenvalue weighted by atomic mass is 9.84. The zero-order valence-electron chi connectivity index (χ0n) is 13.4. The normalized spacial score (nSPS) is 12.0. The molecule has 0 spiro atoms. The van der Waals surface area contributed by atoms with Gasteiger partial charge in [-0.25, -0.2) is 0 Å². The van der Waals surface area contributed by atoms with E-state index >= 15 is 0 Å². The van der Waals surface area contributed by atoms with Crippen molar-refractivity contribution >= 4 is 32.3 Å². The van der Waals surface area contributed by atoms with Crippen molar-refractivity contribution in [2.24, 2.45) is 0 Å². The van der Waals surface area contributed by atoms with Gasteiger partial charge < -0.3 is 0 Å². The molecule has 0 aromatic heterocycles. The Morgan fingerprint density at radius 1 is 0.476 bits per heavy atom. The smallest absolute Gasteiger partial charge is 0.00210 e. The lowest BCUT2D eigenvalue weighted by Crippen LogP contribution is -1.96. The molecule has 0 saturated heterocycles. The topological polar surface area (TPSA) is 0 Å². The van der Waals surface area contributed by atoms with Gasteiger partial charge in [-0.1, -0.05) is 30.3 Å². The van der Waals surface area contributed by atoms with Crippen LogP contribution in [-0.4, -0.2) is 0 Å². The van der Waals surface area contributed by atoms with Crippen molar-refractivity contribution in [1.29, 1.82) is 0 Å². The monoisotopic (exact) mass is 272 g/mol. The predicted octanol–water partition coefficient (Wildman–Crippen LogP) is 6.13. The average Bonchev–Trinajstić information content (AvgIpc) is 2.46. The van der Waals surface area contributed by atoms with Crippen molar-refractivity contribution in [2.45, 2.75) is 34.6 Å². The standard InChI is InChI=1S/C21H20/c1-11-6-7-16-8-9-17-10-12(2)13(3)19-15(5)14(4)18(11)20(16)21(17)19/h6-10H,1-5H3. The highest BCUT2D eigenvalue weighted by molar-refractivity contribution is 6.26. The fraction of sp³-hybridized carbons (Fsp3) is 0.238. The maximum absolute atomic E-state index is 2.34. The van der Waals surface area contributed by atoms with Crippen LogP contribution in [0.25, 0.3) is 32.3 Å². The Morgan fingerprint density at radius 2 is 1.05 bits per heavy atom. The Labute approximate surface area is 125 Å². The van der Waals surface area contributed by atoms with Crippen molar-refractivity contribution in [1.82, 2.24) is 0 Å². The first-order valence-electron chi connectivity index (χ1n) is 7.65. The summed E-state index contributed by atoms with van der Waals surface area (Å²) < 4.78 is 0. The summed E-state index contributed by atoms with van der Waals surface area (Å²) in [4.78, 5) is 0. The van der Waals surface area contributed by atoms with Crippen molar-refractivity contribution in [3.8, 4) is 0 Å². The van der Waals surface area contributed by atoms with E-state index in [1.807, 2.05) is 0 Å². The van der Waals surface area contributed by atoms with Crippen molar-refractivity contribution < 1.29 is 0 Å². The summed E-state index contributed by atoms with van der Waals surface area (Å²) in [5, 5.41) is 8.56. The lowest BCUT2D eigenvalue weighted by Gasteiger charge is -2.20. The molecular formula is C21H20. The SMILES string of the molecule is Cc1cc2ccc3ccc(C)c4c(C)c(C)c(c1C)c2c34. The number of benzene rings is 4. The Kier molecular flexibility index (Phi) is 2.39. The van der Waals surface area contributed by atoms with Crippen LogP contribution in [0.2, 0.25) is 0 Å².